The summed E-state index contributed by atoms with van der Waals surface area (Å²) in [5.41, 5.74) is 1.91. The summed E-state index contributed by atoms with van der Waals surface area (Å²) in [4.78, 5) is 0. The molecule has 1 N–H and O–H groups in total. The van der Waals surface area contributed by atoms with Crippen LogP contribution in [0.15, 0.2) is 18.2 Å². The van der Waals surface area contributed by atoms with E-state index in [1.807, 2.05) is 25.1 Å². The minimum Gasteiger partial charge on any atom is -0.388 e. The summed E-state index contributed by atoms with van der Waals surface area (Å²) in [5.74, 6) is 0. The molecule has 0 aliphatic carbocycles. The standard InChI is InChI=1S/C15H23ClO/c1-3-4-5-6-7-11-14(17)13-10-8-9-12(2)15(13)16/h8-10,14,17H,3-7,11H2,1-2H3. The van der Waals surface area contributed by atoms with Crippen LogP contribution in [-0.4, -0.2) is 5.11 Å². The van der Waals surface area contributed by atoms with Crippen LogP contribution >= 0.6 is 11.6 Å². The maximum atomic E-state index is 10.1. The Labute approximate surface area is 110 Å². The van der Waals surface area contributed by atoms with Crippen molar-refractivity contribution in [2.24, 2.45) is 0 Å². The zero-order valence-electron chi connectivity index (χ0n) is 10.9. The van der Waals surface area contributed by atoms with E-state index in [-0.39, 0.29) is 0 Å². The molecule has 2 heteroatoms. The third-order valence-electron chi connectivity index (χ3n) is 3.16. The quantitative estimate of drug-likeness (QED) is 0.676. The fraction of sp³-hybridized carbons (Fsp3) is 0.600. The summed E-state index contributed by atoms with van der Waals surface area (Å²) in [6.07, 6.45) is 6.49. The third-order valence-corrected chi connectivity index (χ3v) is 3.68. The Morgan fingerprint density at radius 3 is 2.59 bits per heavy atom. The highest BCUT2D eigenvalue weighted by molar-refractivity contribution is 6.32. The Balaban J connectivity index is 2.41. The topological polar surface area (TPSA) is 20.2 Å². The summed E-state index contributed by atoms with van der Waals surface area (Å²) in [6, 6.07) is 5.85. The maximum Gasteiger partial charge on any atom is 0.0804 e. The zero-order valence-corrected chi connectivity index (χ0v) is 11.6. The number of aliphatic hydroxyl groups is 1. The van der Waals surface area contributed by atoms with Crippen LogP contribution in [0.5, 0.6) is 0 Å². The number of hydrogen-bond acceptors (Lipinski definition) is 1. The number of aliphatic hydroxyl groups excluding tert-OH is 1. The van der Waals surface area contributed by atoms with E-state index in [1.54, 1.807) is 0 Å². The Morgan fingerprint density at radius 2 is 1.88 bits per heavy atom. The van der Waals surface area contributed by atoms with Crippen LogP contribution < -0.4 is 0 Å². The molecule has 1 aromatic rings. The Hall–Kier alpha value is -0.530. The molecule has 0 amide bonds. The van der Waals surface area contributed by atoms with Crippen molar-refractivity contribution in [1.82, 2.24) is 0 Å². The number of rotatable bonds is 7. The van der Waals surface area contributed by atoms with E-state index in [1.165, 1.54) is 25.7 Å². The van der Waals surface area contributed by atoms with Crippen molar-refractivity contribution in [2.45, 2.75) is 58.5 Å². The van der Waals surface area contributed by atoms with Gasteiger partial charge in [0.05, 0.1) is 6.10 Å². The molecule has 0 saturated heterocycles. The van der Waals surface area contributed by atoms with Crippen LogP contribution in [0.1, 0.15) is 62.7 Å². The van der Waals surface area contributed by atoms with E-state index in [4.69, 9.17) is 11.6 Å². The summed E-state index contributed by atoms with van der Waals surface area (Å²) >= 11 is 6.19. The zero-order chi connectivity index (χ0) is 12.7. The normalized spacial score (nSPS) is 12.7. The number of aryl methyl sites for hydroxylation is 1. The number of halogens is 1. The maximum absolute atomic E-state index is 10.1. The molecule has 0 saturated carbocycles. The lowest BCUT2D eigenvalue weighted by Gasteiger charge is -2.13. The molecule has 0 aromatic heterocycles. The summed E-state index contributed by atoms with van der Waals surface area (Å²) in [5, 5.41) is 10.8. The lowest BCUT2D eigenvalue weighted by Crippen LogP contribution is -1.99. The van der Waals surface area contributed by atoms with Gasteiger partial charge in [0.1, 0.15) is 0 Å². The van der Waals surface area contributed by atoms with E-state index < -0.39 is 6.10 Å². The van der Waals surface area contributed by atoms with Gasteiger partial charge in [-0.25, -0.2) is 0 Å². The minimum absolute atomic E-state index is 0.413. The van der Waals surface area contributed by atoms with Crippen molar-refractivity contribution in [2.75, 3.05) is 0 Å². The molecule has 0 aliphatic rings. The fourth-order valence-electron chi connectivity index (χ4n) is 2.02. The Morgan fingerprint density at radius 1 is 1.18 bits per heavy atom. The summed E-state index contributed by atoms with van der Waals surface area (Å²) in [7, 11) is 0. The SMILES string of the molecule is CCCCCCCC(O)c1cccc(C)c1Cl. The fourth-order valence-corrected chi connectivity index (χ4v) is 2.28. The van der Waals surface area contributed by atoms with Gasteiger partial charge in [0.15, 0.2) is 0 Å². The summed E-state index contributed by atoms with van der Waals surface area (Å²) in [6.45, 7) is 4.18. The van der Waals surface area contributed by atoms with Gasteiger partial charge in [-0.05, 0) is 24.5 Å². The predicted molar refractivity (Wildman–Crippen MR) is 74.5 cm³/mol. The number of benzene rings is 1. The van der Waals surface area contributed by atoms with Gasteiger partial charge in [-0.15, -0.1) is 0 Å². The first-order valence-electron chi connectivity index (χ1n) is 6.60. The second-order valence-electron chi connectivity index (χ2n) is 4.70. The molecule has 0 fully saturated rings. The van der Waals surface area contributed by atoms with Crippen LogP contribution in [0.3, 0.4) is 0 Å². The second-order valence-corrected chi connectivity index (χ2v) is 5.07. The lowest BCUT2D eigenvalue weighted by atomic mass is 10.0. The van der Waals surface area contributed by atoms with Gasteiger partial charge in [0.25, 0.3) is 0 Å². The minimum atomic E-state index is -0.413. The lowest BCUT2D eigenvalue weighted by molar-refractivity contribution is 0.163. The third kappa shape index (κ3) is 4.69. The molecule has 96 valence electrons. The molecule has 1 atom stereocenters. The predicted octanol–water partition coefficient (Wildman–Crippen LogP) is 5.04. The molecule has 1 unspecified atom stereocenters. The highest BCUT2D eigenvalue weighted by Crippen LogP contribution is 2.29. The van der Waals surface area contributed by atoms with Crippen molar-refractivity contribution in [3.8, 4) is 0 Å². The van der Waals surface area contributed by atoms with Crippen molar-refractivity contribution < 1.29 is 5.11 Å². The molecule has 0 spiro atoms. The van der Waals surface area contributed by atoms with Crippen LogP contribution in [0.25, 0.3) is 0 Å². The molecular formula is C15H23ClO. The van der Waals surface area contributed by atoms with Gasteiger partial charge < -0.3 is 5.11 Å². The van der Waals surface area contributed by atoms with Crippen molar-refractivity contribution in [3.63, 3.8) is 0 Å². The van der Waals surface area contributed by atoms with Gasteiger partial charge in [-0.3, -0.25) is 0 Å². The van der Waals surface area contributed by atoms with Gasteiger partial charge in [-0.2, -0.15) is 0 Å². The second kappa shape index (κ2) is 7.73. The van der Waals surface area contributed by atoms with Crippen molar-refractivity contribution in [3.05, 3.63) is 34.3 Å². The van der Waals surface area contributed by atoms with E-state index in [2.05, 4.69) is 6.92 Å². The molecule has 0 aliphatic heterocycles. The first kappa shape index (κ1) is 14.5. The van der Waals surface area contributed by atoms with Gasteiger partial charge >= 0.3 is 0 Å². The average Bonchev–Trinajstić information content (AvgIpc) is 2.32. The first-order valence-corrected chi connectivity index (χ1v) is 6.97. The first-order chi connectivity index (χ1) is 8.16. The smallest absolute Gasteiger partial charge is 0.0804 e. The highest BCUT2D eigenvalue weighted by atomic mass is 35.5. The van der Waals surface area contributed by atoms with E-state index in [0.29, 0.717) is 5.02 Å². The van der Waals surface area contributed by atoms with Crippen LogP contribution in [-0.2, 0) is 0 Å². The van der Waals surface area contributed by atoms with Crippen LogP contribution in [0, 0.1) is 6.92 Å². The number of unbranched alkanes of at least 4 members (excludes halogenated alkanes) is 4. The van der Waals surface area contributed by atoms with Crippen molar-refractivity contribution in [1.29, 1.82) is 0 Å². The Kier molecular flexibility index (Phi) is 6.61. The van der Waals surface area contributed by atoms with Gasteiger partial charge in [-0.1, -0.05) is 68.8 Å². The Bertz CT molecular complexity index is 336. The van der Waals surface area contributed by atoms with Crippen LogP contribution in [0.2, 0.25) is 5.02 Å². The molecule has 17 heavy (non-hydrogen) atoms. The molecule has 0 bridgehead atoms. The molecule has 1 nitrogen and oxygen atoms in total. The summed E-state index contributed by atoms with van der Waals surface area (Å²) < 4.78 is 0. The van der Waals surface area contributed by atoms with Crippen molar-refractivity contribution >= 4 is 11.6 Å². The number of hydrogen-bond donors (Lipinski definition) is 1. The van der Waals surface area contributed by atoms with Crippen LogP contribution in [0.4, 0.5) is 0 Å². The molecule has 0 radical (unpaired) electrons. The highest BCUT2D eigenvalue weighted by Gasteiger charge is 2.12. The monoisotopic (exact) mass is 254 g/mol. The average molecular weight is 255 g/mol. The molecule has 0 heterocycles. The molecular weight excluding hydrogens is 232 g/mol. The van der Waals surface area contributed by atoms with E-state index in [9.17, 15) is 5.11 Å². The van der Waals surface area contributed by atoms with E-state index in [0.717, 1.165) is 24.0 Å². The van der Waals surface area contributed by atoms with Gasteiger partial charge in [0.2, 0.25) is 0 Å². The van der Waals surface area contributed by atoms with Gasteiger partial charge in [0, 0.05) is 5.02 Å². The van der Waals surface area contributed by atoms with E-state index >= 15 is 0 Å². The molecule has 1 rings (SSSR count). The largest absolute Gasteiger partial charge is 0.388 e. The molecule has 1 aromatic carbocycles.